The van der Waals surface area contributed by atoms with Gasteiger partial charge in [-0.1, -0.05) is 289 Å². The smallest absolute Gasteiger partial charge is 0.306 e. The summed E-state index contributed by atoms with van der Waals surface area (Å²) >= 11 is 0. The lowest BCUT2D eigenvalue weighted by atomic mass is 10.0. The first-order valence-corrected chi connectivity index (χ1v) is 31.8. The maximum atomic E-state index is 12.9. The van der Waals surface area contributed by atoms with E-state index < -0.39 is 6.10 Å². The van der Waals surface area contributed by atoms with Gasteiger partial charge in [0.15, 0.2) is 6.10 Å². The fourth-order valence-corrected chi connectivity index (χ4v) is 9.61. The normalized spacial score (nSPS) is 12.1. The SMILES string of the molecule is CCCCCCC/C=C\CCCCCCCC(=O)OCC(COC(=O)CCCCCCCCCCCCCCCCCCCCCCCCCCC)OC(=O)CCCCCCC/C=C\CCCCCCC. The van der Waals surface area contributed by atoms with Crippen molar-refractivity contribution in [3.05, 3.63) is 24.3 Å². The molecule has 0 aromatic carbocycles. The topological polar surface area (TPSA) is 78.9 Å². The summed E-state index contributed by atoms with van der Waals surface area (Å²) in [5.41, 5.74) is 0. The van der Waals surface area contributed by atoms with Crippen LogP contribution in [0.3, 0.4) is 0 Å². The Morgan fingerprint density at radius 2 is 0.465 bits per heavy atom. The molecule has 0 fully saturated rings. The average Bonchev–Trinajstić information content (AvgIpc) is 3.37. The molecule has 0 radical (unpaired) electrons. The van der Waals surface area contributed by atoms with Crippen LogP contribution in [-0.2, 0) is 28.6 Å². The maximum Gasteiger partial charge on any atom is 0.306 e. The molecule has 0 rings (SSSR count). The quantitative estimate of drug-likeness (QED) is 0.0261. The summed E-state index contributed by atoms with van der Waals surface area (Å²) in [5.74, 6) is -0.867. The van der Waals surface area contributed by atoms with Crippen LogP contribution in [0.15, 0.2) is 24.3 Å². The van der Waals surface area contributed by atoms with Crippen LogP contribution in [0.25, 0.3) is 0 Å². The molecule has 0 aliphatic heterocycles. The van der Waals surface area contributed by atoms with E-state index in [9.17, 15) is 14.4 Å². The number of esters is 3. The fraction of sp³-hybridized carbons (Fsp3) is 0.892. The number of rotatable bonds is 59. The molecule has 0 N–H and O–H groups in total. The molecule has 0 aromatic rings. The van der Waals surface area contributed by atoms with Crippen LogP contribution >= 0.6 is 0 Å². The Kier molecular flexibility index (Phi) is 58.6. The predicted octanol–water partition coefficient (Wildman–Crippen LogP) is 21.4. The van der Waals surface area contributed by atoms with E-state index in [1.54, 1.807) is 0 Å². The van der Waals surface area contributed by atoms with Crippen LogP contribution in [-0.4, -0.2) is 37.2 Å². The highest BCUT2D eigenvalue weighted by atomic mass is 16.6. The van der Waals surface area contributed by atoms with Crippen LogP contribution in [0, 0.1) is 0 Å². The van der Waals surface area contributed by atoms with Crippen molar-refractivity contribution in [1.29, 1.82) is 0 Å². The standard InChI is InChI=1S/C65H122O6/c1-4-7-10-13-16-19-22-25-28-29-30-31-32-33-34-35-36-37-38-41-43-46-49-52-55-58-64(67)70-61-62(71-65(68)59-56-53-50-47-44-40-27-24-21-18-15-12-9-6-3)60-69-63(66)57-54-51-48-45-42-39-26-23-20-17-14-11-8-5-2/h23-24,26-27,62H,4-22,25,28-61H2,1-3H3/b26-23-,27-24-. The number of carbonyl (C=O) groups excluding carboxylic acids is 3. The van der Waals surface area contributed by atoms with E-state index >= 15 is 0 Å². The first kappa shape index (κ1) is 68.9. The number of hydrogen-bond acceptors (Lipinski definition) is 6. The summed E-state index contributed by atoms with van der Waals surface area (Å²) in [7, 11) is 0. The molecule has 1 unspecified atom stereocenters. The molecule has 0 aliphatic carbocycles. The Bertz CT molecular complexity index is 1150. The summed E-state index contributed by atoms with van der Waals surface area (Å²) in [6.07, 6.45) is 71.9. The Hall–Kier alpha value is -2.11. The minimum absolute atomic E-state index is 0.0726. The molecule has 0 heterocycles. The van der Waals surface area contributed by atoms with Gasteiger partial charge in [-0.05, 0) is 70.6 Å². The zero-order valence-electron chi connectivity index (χ0n) is 48.0. The highest BCUT2D eigenvalue weighted by Gasteiger charge is 2.19. The highest BCUT2D eigenvalue weighted by Crippen LogP contribution is 2.18. The van der Waals surface area contributed by atoms with Crippen molar-refractivity contribution < 1.29 is 28.6 Å². The summed E-state index contributed by atoms with van der Waals surface area (Å²) in [6, 6.07) is 0. The molecule has 0 saturated carbocycles. The van der Waals surface area contributed by atoms with E-state index in [4.69, 9.17) is 14.2 Å². The maximum absolute atomic E-state index is 12.9. The number of carbonyl (C=O) groups is 3. The second kappa shape index (κ2) is 60.4. The molecule has 0 aromatic heterocycles. The van der Waals surface area contributed by atoms with Gasteiger partial charge in [-0.15, -0.1) is 0 Å². The lowest BCUT2D eigenvalue weighted by Gasteiger charge is -2.18. The largest absolute Gasteiger partial charge is 0.462 e. The Balaban J connectivity index is 4.21. The van der Waals surface area contributed by atoms with Crippen molar-refractivity contribution in [3.8, 4) is 0 Å². The van der Waals surface area contributed by atoms with Gasteiger partial charge in [0.25, 0.3) is 0 Å². The summed E-state index contributed by atoms with van der Waals surface area (Å²) in [4.78, 5) is 38.2. The van der Waals surface area contributed by atoms with Crippen molar-refractivity contribution in [2.75, 3.05) is 13.2 Å². The second-order valence-corrected chi connectivity index (χ2v) is 21.7. The molecule has 0 amide bonds. The molecule has 0 bridgehead atoms. The molecule has 6 nitrogen and oxygen atoms in total. The van der Waals surface area contributed by atoms with Crippen LogP contribution < -0.4 is 0 Å². The van der Waals surface area contributed by atoms with Crippen LogP contribution in [0.1, 0.15) is 355 Å². The third-order valence-corrected chi connectivity index (χ3v) is 14.4. The molecule has 0 saturated heterocycles. The van der Waals surface area contributed by atoms with Crippen LogP contribution in [0.4, 0.5) is 0 Å². The van der Waals surface area contributed by atoms with Gasteiger partial charge < -0.3 is 14.2 Å². The van der Waals surface area contributed by atoms with Gasteiger partial charge in [0.2, 0.25) is 0 Å². The summed E-state index contributed by atoms with van der Waals surface area (Å²) < 4.78 is 16.9. The molecule has 0 spiro atoms. The number of ether oxygens (including phenoxy) is 3. The number of unbranched alkanes of at least 4 members (excludes halogenated alkanes) is 44. The van der Waals surface area contributed by atoms with E-state index in [0.29, 0.717) is 19.3 Å². The first-order valence-electron chi connectivity index (χ1n) is 31.8. The average molecular weight is 1000 g/mol. The van der Waals surface area contributed by atoms with Gasteiger partial charge in [0.1, 0.15) is 13.2 Å². The molecule has 71 heavy (non-hydrogen) atoms. The van der Waals surface area contributed by atoms with E-state index in [-0.39, 0.29) is 31.1 Å². The van der Waals surface area contributed by atoms with Gasteiger partial charge in [-0.2, -0.15) is 0 Å². The summed E-state index contributed by atoms with van der Waals surface area (Å²) in [5, 5.41) is 0. The molecule has 1 atom stereocenters. The van der Waals surface area contributed by atoms with Gasteiger partial charge in [0.05, 0.1) is 0 Å². The molecule has 418 valence electrons. The van der Waals surface area contributed by atoms with Crippen molar-refractivity contribution in [3.63, 3.8) is 0 Å². The number of hydrogen-bond donors (Lipinski definition) is 0. The molecular formula is C65H122O6. The Morgan fingerprint density at radius 1 is 0.268 bits per heavy atom. The van der Waals surface area contributed by atoms with Gasteiger partial charge in [-0.25, -0.2) is 0 Å². The van der Waals surface area contributed by atoms with Crippen molar-refractivity contribution in [1.82, 2.24) is 0 Å². The van der Waals surface area contributed by atoms with E-state index in [2.05, 4.69) is 45.1 Å². The monoisotopic (exact) mass is 999 g/mol. The van der Waals surface area contributed by atoms with Gasteiger partial charge in [0, 0.05) is 19.3 Å². The second-order valence-electron chi connectivity index (χ2n) is 21.7. The zero-order chi connectivity index (χ0) is 51.4. The van der Waals surface area contributed by atoms with Crippen molar-refractivity contribution in [2.24, 2.45) is 0 Å². The number of allylic oxidation sites excluding steroid dienone is 4. The fourth-order valence-electron chi connectivity index (χ4n) is 9.61. The molecular weight excluding hydrogens is 877 g/mol. The van der Waals surface area contributed by atoms with Gasteiger partial charge in [-0.3, -0.25) is 14.4 Å². The third kappa shape index (κ3) is 58.7. The minimum Gasteiger partial charge on any atom is -0.462 e. The lowest BCUT2D eigenvalue weighted by molar-refractivity contribution is -0.167. The molecule has 0 aliphatic rings. The minimum atomic E-state index is -0.776. The predicted molar refractivity (Wildman–Crippen MR) is 307 cm³/mol. The Morgan fingerprint density at radius 3 is 0.704 bits per heavy atom. The third-order valence-electron chi connectivity index (χ3n) is 14.4. The molecule has 6 heteroatoms. The first-order chi connectivity index (χ1) is 35.0. The van der Waals surface area contributed by atoms with E-state index in [1.807, 2.05) is 0 Å². The van der Waals surface area contributed by atoms with Gasteiger partial charge >= 0.3 is 17.9 Å². The Labute approximate surface area is 443 Å². The van der Waals surface area contributed by atoms with Crippen molar-refractivity contribution >= 4 is 17.9 Å². The van der Waals surface area contributed by atoms with E-state index in [1.165, 1.54) is 244 Å². The summed E-state index contributed by atoms with van der Waals surface area (Å²) in [6.45, 7) is 6.67. The van der Waals surface area contributed by atoms with Crippen LogP contribution in [0.5, 0.6) is 0 Å². The van der Waals surface area contributed by atoms with E-state index in [0.717, 1.165) is 70.6 Å². The van der Waals surface area contributed by atoms with Crippen LogP contribution in [0.2, 0.25) is 0 Å². The van der Waals surface area contributed by atoms with Crippen molar-refractivity contribution in [2.45, 2.75) is 361 Å². The zero-order valence-corrected chi connectivity index (χ0v) is 48.0. The highest BCUT2D eigenvalue weighted by molar-refractivity contribution is 5.71. The lowest BCUT2D eigenvalue weighted by Crippen LogP contribution is -2.30.